The first kappa shape index (κ1) is 19.5. The quantitative estimate of drug-likeness (QED) is 0.546. The summed E-state index contributed by atoms with van der Waals surface area (Å²) in [4.78, 5) is 11.2. The Bertz CT molecular complexity index is 420. The van der Waals surface area contributed by atoms with Crippen LogP contribution in [-0.2, 0) is 4.79 Å². The Morgan fingerprint density at radius 3 is 2.29 bits per heavy atom. The molecule has 3 N–H and O–H groups in total. The summed E-state index contributed by atoms with van der Waals surface area (Å²) in [7, 11) is 0. The average Bonchev–Trinajstić information content (AvgIpc) is 2.33. The highest BCUT2D eigenvalue weighted by Gasteiger charge is 2.34. The number of nitrogens with zero attached hydrogens (tertiary/aromatic N) is 1. The molecule has 1 aliphatic carbocycles. The summed E-state index contributed by atoms with van der Waals surface area (Å²) in [5.41, 5.74) is 1.64. The van der Waals surface area contributed by atoms with Gasteiger partial charge >= 0.3 is 5.97 Å². The lowest BCUT2D eigenvalue weighted by molar-refractivity contribution is -0.132. The maximum Gasteiger partial charge on any atom is 0.331 e. The van der Waals surface area contributed by atoms with Crippen LogP contribution in [0.15, 0.2) is 11.1 Å². The van der Waals surface area contributed by atoms with Crippen molar-refractivity contribution in [2.75, 3.05) is 6.61 Å². The van der Waals surface area contributed by atoms with Gasteiger partial charge < -0.3 is 15.3 Å². The van der Waals surface area contributed by atoms with Gasteiger partial charge in [0, 0.05) is 12.2 Å². The standard InChI is InChI=1S/C15H26O3.CHNO/c1-10-7-12(9-15(3,4)8-10)13(5-6-16)11(2)14(17)18;2-1-3/h10,12,16H,5-9H2,1-4H3,(H,17,18);3H. The van der Waals surface area contributed by atoms with Gasteiger partial charge in [-0.1, -0.05) is 26.3 Å². The van der Waals surface area contributed by atoms with Crippen LogP contribution in [-0.4, -0.2) is 27.9 Å². The van der Waals surface area contributed by atoms with Crippen LogP contribution >= 0.6 is 0 Å². The summed E-state index contributed by atoms with van der Waals surface area (Å²) >= 11 is 0. The predicted octanol–water partition coefficient (Wildman–Crippen LogP) is 3.07. The van der Waals surface area contributed by atoms with Crippen LogP contribution in [0.5, 0.6) is 0 Å². The van der Waals surface area contributed by atoms with Gasteiger partial charge in [0.15, 0.2) is 0 Å². The van der Waals surface area contributed by atoms with Gasteiger partial charge in [-0.2, -0.15) is 5.26 Å². The summed E-state index contributed by atoms with van der Waals surface area (Å²) in [5, 5.41) is 32.1. The van der Waals surface area contributed by atoms with Gasteiger partial charge in [0.1, 0.15) is 0 Å². The molecule has 120 valence electrons. The highest BCUT2D eigenvalue weighted by Crippen LogP contribution is 2.45. The van der Waals surface area contributed by atoms with Gasteiger partial charge in [0.2, 0.25) is 0 Å². The number of hydrogen-bond acceptors (Lipinski definition) is 4. The first-order valence-corrected chi connectivity index (χ1v) is 7.25. The summed E-state index contributed by atoms with van der Waals surface area (Å²) in [6, 6.07) is 0. The molecular weight excluding hydrogens is 270 g/mol. The van der Waals surface area contributed by atoms with E-state index in [9.17, 15) is 4.79 Å². The number of hydrogen-bond donors (Lipinski definition) is 3. The van der Waals surface area contributed by atoms with E-state index >= 15 is 0 Å². The Balaban J connectivity index is 0.00000122. The van der Waals surface area contributed by atoms with Crippen molar-refractivity contribution in [2.45, 2.75) is 53.4 Å². The molecule has 0 aromatic carbocycles. The minimum Gasteiger partial charge on any atom is -0.478 e. The number of carboxylic acids is 1. The molecule has 0 aliphatic heterocycles. The topological polar surface area (TPSA) is 102 Å². The second kappa shape index (κ2) is 8.68. The number of aliphatic carboxylic acids is 1. The highest BCUT2D eigenvalue weighted by atomic mass is 16.4. The fraction of sp³-hybridized carbons (Fsp3) is 0.750. The molecule has 1 saturated carbocycles. The van der Waals surface area contributed by atoms with Gasteiger partial charge in [-0.15, -0.1) is 0 Å². The van der Waals surface area contributed by atoms with Crippen LogP contribution < -0.4 is 0 Å². The molecule has 0 bridgehead atoms. The molecule has 5 nitrogen and oxygen atoms in total. The van der Waals surface area contributed by atoms with Crippen molar-refractivity contribution >= 4 is 5.97 Å². The van der Waals surface area contributed by atoms with Crippen LogP contribution in [0.25, 0.3) is 0 Å². The molecule has 1 fully saturated rings. The number of carboxylic acid groups (broad SMARTS) is 1. The number of nitriles is 1. The van der Waals surface area contributed by atoms with Crippen LogP contribution in [0, 0.1) is 28.8 Å². The number of aliphatic hydroxyl groups excluding tert-OH is 2. The largest absolute Gasteiger partial charge is 0.478 e. The zero-order valence-electron chi connectivity index (χ0n) is 13.4. The molecule has 0 heterocycles. The Kier molecular flexibility index (Phi) is 8.05. The van der Waals surface area contributed by atoms with E-state index in [1.165, 1.54) is 6.42 Å². The zero-order chi connectivity index (χ0) is 16.6. The van der Waals surface area contributed by atoms with Gasteiger partial charge in [-0.25, -0.2) is 4.79 Å². The molecule has 2 unspecified atom stereocenters. The van der Waals surface area contributed by atoms with E-state index in [0.717, 1.165) is 24.7 Å². The molecular formula is C16H27NO4. The van der Waals surface area contributed by atoms with Gasteiger partial charge in [0.25, 0.3) is 6.26 Å². The monoisotopic (exact) mass is 297 g/mol. The van der Waals surface area contributed by atoms with Gasteiger partial charge in [0.05, 0.1) is 0 Å². The first-order valence-electron chi connectivity index (χ1n) is 7.25. The lowest BCUT2D eigenvalue weighted by Crippen LogP contribution is -2.29. The minimum atomic E-state index is -0.852. The Morgan fingerprint density at radius 1 is 1.38 bits per heavy atom. The summed E-state index contributed by atoms with van der Waals surface area (Å²) in [5.74, 6) is 0.0792. The molecule has 21 heavy (non-hydrogen) atoms. The smallest absolute Gasteiger partial charge is 0.331 e. The lowest BCUT2D eigenvalue weighted by atomic mass is 9.65. The second-order valence-electron chi connectivity index (χ2n) is 6.64. The van der Waals surface area contributed by atoms with Crippen LogP contribution in [0.2, 0.25) is 0 Å². The second-order valence-corrected chi connectivity index (χ2v) is 6.64. The van der Waals surface area contributed by atoms with Crippen molar-refractivity contribution in [3.63, 3.8) is 0 Å². The lowest BCUT2D eigenvalue weighted by Gasteiger charge is -2.40. The number of carbonyl (C=O) groups is 1. The molecule has 5 heteroatoms. The molecule has 0 radical (unpaired) electrons. The third-order valence-corrected chi connectivity index (χ3v) is 4.06. The Labute approximate surface area is 126 Å². The van der Waals surface area contributed by atoms with Crippen LogP contribution in [0.3, 0.4) is 0 Å². The predicted molar refractivity (Wildman–Crippen MR) is 79.9 cm³/mol. The van der Waals surface area contributed by atoms with Gasteiger partial charge in [-0.05, 0) is 49.9 Å². The van der Waals surface area contributed by atoms with E-state index in [-0.39, 0.29) is 12.0 Å². The molecule has 2 atom stereocenters. The molecule has 0 aromatic rings. The summed E-state index contributed by atoms with van der Waals surface area (Å²) < 4.78 is 0. The molecule has 0 spiro atoms. The van der Waals surface area contributed by atoms with E-state index in [4.69, 9.17) is 20.6 Å². The maximum absolute atomic E-state index is 11.2. The van der Waals surface area contributed by atoms with Crippen molar-refractivity contribution in [1.82, 2.24) is 0 Å². The van der Waals surface area contributed by atoms with E-state index < -0.39 is 5.97 Å². The number of aliphatic hydroxyl groups is 2. The number of rotatable bonds is 4. The highest BCUT2D eigenvalue weighted by molar-refractivity contribution is 5.86. The molecule has 0 saturated heterocycles. The molecule has 1 rings (SSSR count). The van der Waals surface area contributed by atoms with Crippen molar-refractivity contribution in [3.8, 4) is 6.26 Å². The molecule has 0 amide bonds. The fourth-order valence-electron chi connectivity index (χ4n) is 3.57. The SMILES string of the molecule is CC(C(=O)O)=C(CCO)C1CC(C)CC(C)(C)C1.N#CO. The molecule has 1 aliphatic rings. The third kappa shape index (κ3) is 6.63. The van der Waals surface area contributed by atoms with Crippen molar-refractivity contribution in [1.29, 1.82) is 5.26 Å². The summed E-state index contributed by atoms with van der Waals surface area (Å²) in [6.45, 7) is 8.44. The van der Waals surface area contributed by atoms with Gasteiger partial charge in [-0.3, -0.25) is 0 Å². The fourth-order valence-corrected chi connectivity index (χ4v) is 3.57. The maximum atomic E-state index is 11.2. The van der Waals surface area contributed by atoms with Crippen LogP contribution in [0.1, 0.15) is 53.4 Å². The Morgan fingerprint density at radius 2 is 1.90 bits per heavy atom. The zero-order valence-corrected chi connectivity index (χ0v) is 13.4. The van der Waals surface area contributed by atoms with E-state index in [1.54, 1.807) is 6.92 Å². The van der Waals surface area contributed by atoms with Crippen molar-refractivity contribution < 1.29 is 20.1 Å². The minimum absolute atomic E-state index is 0.0330. The van der Waals surface area contributed by atoms with Crippen LogP contribution in [0.4, 0.5) is 0 Å². The normalized spacial score (nSPS) is 25.0. The summed E-state index contributed by atoms with van der Waals surface area (Å²) in [6.07, 6.45) is 4.51. The van der Waals surface area contributed by atoms with E-state index in [1.807, 2.05) is 0 Å². The van der Waals surface area contributed by atoms with Crippen molar-refractivity contribution in [2.24, 2.45) is 17.3 Å². The average molecular weight is 297 g/mol. The Hall–Kier alpha value is -1.54. The van der Waals surface area contributed by atoms with E-state index in [2.05, 4.69) is 20.8 Å². The van der Waals surface area contributed by atoms with E-state index in [0.29, 0.717) is 23.8 Å². The first-order chi connectivity index (χ1) is 9.68. The molecule has 0 aromatic heterocycles. The third-order valence-electron chi connectivity index (χ3n) is 4.06. The van der Waals surface area contributed by atoms with Crippen molar-refractivity contribution in [3.05, 3.63) is 11.1 Å².